The predicted molar refractivity (Wildman–Crippen MR) is 128 cm³/mol. The van der Waals surface area contributed by atoms with E-state index < -0.39 is 15.9 Å². The van der Waals surface area contributed by atoms with E-state index in [1.165, 1.54) is 13.4 Å². The third-order valence-corrected chi connectivity index (χ3v) is 7.23. The quantitative estimate of drug-likeness (QED) is 0.443. The van der Waals surface area contributed by atoms with Gasteiger partial charge in [0.1, 0.15) is 6.10 Å². The monoisotopic (exact) mass is 485 g/mol. The fourth-order valence-corrected chi connectivity index (χ4v) is 4.81. The van der Waals surface area contributed by atoms with Crippen molar-refractivity contribution in [1.29, 1.82) is 0 Å². The molecule has 0 amide bonds. The lowest BCUT2D eigenvalue weighted by molar-refractivity contribution is 0.211. The number of aliphatic hydroxyl groups excluding tert-OH is 1. The predicted octanol–water partition coefficient (Wildman–Crippen LogP) is 4.01. The van der Waals surface area contributed by atoms with Gasteiger partial charge in [0.2, 0.25) is 5.88 Å². The Kier molecular flexibility index (Phi) is 6.18. The summed E-state index contributed by atoms with van der Waals surface area (Å²) in [7, 11) is 0.0890. The molecule has 0 aliphatic rings. The maximum absolute atomic E-state index is 11.8. The first-order valence-corrected chi connectivity index (χ1v) is 12.5. The Balaban J connectivity index is 1.81. The molecular formula is C24H24ClN3O4S. The van der Waals surface area contributed by atoms with E-state index in [2.05, 4.69) is 9.97 Å². The van der Waals surface area contributed by atoms with Gasteiger partial charge in [-0.15, -0.1) is 0 Å². The lowest BCUT2D eigenvalue weighted by atomic mass is 9.98. The normalized spacial score (nSPS) is 12.8. The Morgan fingerprint density at radius 2 is 1.91 bits per heavy atom. The number of aromatic nitrogens is 3. The molecule has 2 aromatic carbocycles. The first-order chi connectivity index (χ1) is 15.6. The molecule has 0 radical (unpaired) electrons. The fraction of sp³-hybridized carbons (Fsp3) is 0.250. The molecule has 0 spiro atoms. The van der Waals surface area contributed by atoms with E-state index in [1.54, 1.807) is 41.4 Å². The maximum atomic E-state index is 11.8. The molecule has 0 aliphatic heterocycles. The van der Waals surface area contributed by atoms with Crippen LogP contribution < -0.4 is 4.74 Å². The summed E-state index contributed by atoms with van der Waals surface area (Å²) in [5, 5.41) is 12.1. The van der Waals surface area contributed by atoms with Gasteiger partial charge in [-0.2, -0.15) is 0 Å². The topological polar surface area (TPSA) is 94.3 Å². The highest BCUT2D eigenvalue weighted by atomic mass is 35.5. The SMILES string of the molecule is COc1nc2c(C)cc(C(O)c3cncn3C)cc2c(Cl)c1Cc1ccc(S(C)(=O)=O)cc1. The molecule has 7 nitrogen and oxygen atoms in total. The number of halogens is 1. The fourth-order valence-electron chi connectivity index (χ4n) is 3.89. The third kappa shape index (κ3) is 4.46. The second kappa shape index (κ2) is 8.78. The molecular weight excluding hydrogens is 462 g/mol. The van der Waals surface area contributed by atoms with Crippen LogP contribution in [-0.4, -0.2) is 41.4 Å². The van der Waals surface area contributed by atoms with E-state index in [-0.39, 0.29) is 4.90 Å². The Labute approximate surface area is 197 Å². The minimum atomic E-state index is -3.27. The van der Waals surface area contributed by atoms with Crippen molar-refractivity contribution in [2.45, 2.75) is 24.3 Å². The average Bonchev–Trinajstić information content (AvgIpc) is 3.20. The van der Waals surface area contributed by atoms with Gasteiger partial charge in [0, 0.05) is 30.7 Å². The molecule has 4 aromatic rings. The van der Waals surface area contributed by atoms with Crippen LogP contribution in [0.15, 0.2) is 53.8 Å². The number of aliphatic hydroxyl groups is 1. The zero-order valence-electron chi connectivity index (χ0n) is 18.7. The molecule has 0 bridgehead atoms. The summed E-state index contributed by atoms with van der Waals surface area (Å²) in [5.74, 6) is 0.405. The number of benzene rings is 2. The number of imidazole rings is 1. The second-order valence-corrected chi connectivity index (χ2v) is 10.5. The first-order valence-electron chi connectivity index (χ1n) is 10.2. The molecule has 2 aromatic heterocycles. The number of pyridine rings is 1. The smallest absolute Gasteiger partial charge is 0.218 e. The van der Waals surface area contributed by atoms with Crippen molar-refractivity contribution in [3.05, 3.63) is 81.9 Å². The van der Waals surface area contributed by atoms with Crippen LogP contribution >= 0.6 is 11.6 Å². The summed E-state index contributed by atoms with van der Waals surface area (Å²) in [6, 6.07) is 10.4. The van der Waals surface area contributed by atoms with Gasteiger partial charge in [0.25, 0.3) is 0 Å². The number of hydrogen-bond acceptors (Lipinski definition) is 6. The molecule has 0 aliphatic carbocycles. The zero-order chi connectivity index (χ0) is 23.9. The molecule has 1 unspecified atom stereocenters. The van der Waals surface area contributed by atoms with Crippen LogP contribution in [0.2, 0.25) is 5.02 Å². The maximum Gasteiger partial charge on any atom is 0.218 e. The van der Waals surface area contributed by atoms with Gasteiger partial charge in [-0.25, -0.2) is 18.4 Å². The van der Waals surface area contributed by atoms with Crippen molar-refractivity contribution >= 4 is 32.3 Å². The second-order valence-electron chi connectivity index (χ2n) is 8.07. The van der Waals surface area contributed by atoms with Crippen molar-refractivity contribution in [2.24, 2.45) is 7.05 Å². The van der Waals surface area contributed by atoms with Gasteiger partial charge in [0.05, 0.1) is 40.8 Å². The minimum absolute atomic E-state index is 0.255. The van der Waals surface area contributed by atoms with Crippen LogP contribution in [0.4, 0.5) is 0 Å². The number of ether oxygens (including phenoxy) is 1. The van der Waals surface area contributed by atoms with E-state index in [9.17, 15) is 13.5 Å². The molecule has 0 saturated carbocycles. The number of methoxy groups -OCH3 is 1. The highest BCUT2D eigenvalue weighted by Gasteiger charge is 2.21. The molecule has 1 N–H and O–H groups in total. The van der Waals surface area contributed by atoms with Gasteiger partial charge >= 0.3 is 0 Å². The first kappa shape index (κ1) is 23.2. The van der Waals surface area contributed by atoms with E-state index in [0.29, 0.717) is 45.0 Å². The van der Waals surface area contributed by atoms with Crippen molar-refractivity contribution in [3.8, 4) is 5.88 Å². The van der Waals surface area contributed by atoms with Crippen molar-refractivity contribution < 1.29 is 18.3 Å². The van der Waals surface area contributed by atoms with Crippen molar-refractivity contribution in [3.63, 3.8) is 0 Å². The number of nitrogens with zero attached hydrogens (tertiary/aromatic N) is 3. The minimum Gasteiger partial charge on any atom is -0.481 e. The van der Waals surface area contributed by atoms with Crippen LogP contribution in [0.3, 0.4) is 0 Å². The number of fused-ring (bicyclic) bond motifs is 1. The van der Waals surface area contributed by atoms with Crippen LogP contribution in [-0.2, 0) is 23.3 Å². The third-order valence-electron chi connectivity index (χ3n) is 5.67. The van der Waals surface area contributed by atoms with E-state index in [0.717, 1.165) is 11.1 Å². The summed E-state index contributed by atoms with van der Waals surface area (Å²) in [6.07, 6.45) is 3.98. The van der Waals surface area contributed by atoms with Gasteiger partial charge < -0.3 is 14.4 Å². The van der Waals surface area contributed by atoms with Crippen LogP contribution in [0.25, 0.3) is 10.9 Å². The molecule has 2 heterocycles. The lowest BCUT2D eigenvalue weighted by Gasteiger charge is -2.17. The number of rotatable bonds is 6. The molecule has 172 valence electrons. The number of aryl methyl sites for hydroxylation is 2. The Hall–Kier alpha value is -2.94. The molecule has 9 heteroatoms. The number of hydrogen-bond donors (Lipinski definition) is 1. The summed E-state index contributed by atoms with van der Waals surface area (Å²) < 4.78 is 30.8. The van der Waals surface area contributed by atoms with E-state index >= 15 is 0 Å². The highest BCUT2D eigenvalue weighted by molar-refractivity contribution is 7.90. The summed E-state index contributed by atoms with van der Waals surface area (Å²) in [4.78, 5) is 9.03. The summed E-state index contributed by atoms with van der Waals surface area (Å²) in [5.41, 5.74) is 4.44. The molecule has 0 saturated heterocycles. The molecule has 1 atom stereocenters. The summed E-state index contributed by atoms with van der Waals surface area (Å²) >= 11 is 6.87. The van der Waals surface area contributed by atoms with Gasteiger partial charge in [0.15, 0.2) is 9.84 Å². The molecule has 33 heavy (non-hydrogen) atoms. The highest BCUT2D eigenvalue weighted by Crippen LogP contribution is 2.37. The Morgan fingerprint density at radius 1 is 1.21 bits per heavy atom. The number of sulfone groups is 1. The van der Waals surface area contributed by atoms with Crippen LogP contribution in [0.5, 0.6) is 5.88 Å². The molecule has 0 fully saturated rings. The van der Waals surface area contributed by atoms with Crippen LogP contribution in [0.1, 0.15) is 34.1 Å². The van der Waals surface area contributed by atoms with Gasteiger partial charge in [-0.3, -0.25) is 0 Å². The van der Waals surface area contributed by atoms with Crippen molar-refractivity contribution in [2.75, 3.05) is 13.4 Å². The largest absolute Gasteiger partial charge is 0.481 e. The van der Waals surface area contributed by atoms with E-state index in [4.69, 9.17) is 16.3 Å². The Morgan fingerprint density at radius 3 is 2.48 bits per heavy atom. The Bertz CT molecular complexity index is 1450. The standard InChI is InChI=1S/C24H24ClN3O4S/c1-14-9-16(23(29)20-12-26-13-28(20)2)11-18-21(25)19(24(32-3)27-22(14)18)10-15-5-7-17(8-6-15)33(4,30)31/h5-9,11-13,23,29H,10H2,1-4H3. The summed E-state index contributed by atoms with van der Waals surface area (Å²) in [6.45, 7) is 1.91. The lowest BCUT2D eigenvalue weighted by Crippen LogP contribution is -2.06. The van der Waals surface area contributed by atoms with Crippen molar-refractivity contribution in [1.82, 2.24) is 14.5 Å². The van der Waals surface area contributed by atoms with Gasteiger partial charge in [-0.05, 0) is 41.8 Å². The van der Waals surface area contributed by atoms with E-state index in [1.807, 2.05) is 26.1 Å². The molecule has 4 rings (SSSR count). The zero-order valence-corrected chi connectivity index (χ0v) is 20.3. The average molecular weight is 486 g/mol. The van der Waals surface area contributed by atoms with Gasteiger partial charge in [-0.1, -0.05) is 29.8 Å². The van der Waals surface area contributed by atoms with Crippen LogP contribution in [0, 0.1) is 6.92 Å².